The van der Waals surface area contributed by atoms with Gasteiger partial charge in [-0.15, -0.1) is 0 Å². The zero-order valence-electron chi connectivity index (χ0n) is 14.8. The third-order valence-corrected chi connectivity index (χ3v) is 3.84. The van der Waals surface area contributed by atoms with Gasteiger partial charge in [0, 0.05) is 13.1 Å². The van der Waals surface area contributed by atoms with Crippen molar-refractivity contribution in [2.75, 3.05) is 44.9 Å². The van der Waals surface area contributed by atoms with Gasteiger partial charge in [-0.1, -0.05) is 35.4 Å². The van der Waals surface area contributed by atoms with Gasteiger partial charge in [0.2, 0.25) is 0 Å². The van der Waals surface area contributed by atoms with Gasteiger partial charge in [0.25, 0.3) is 0 Å². The summed E-state index contributed by atoms with van der Waals surface area (Å²) in [6.45, 7) is 13.6. The minimum atomic E-state index is 0.930. The molecule has 1 heterocycles. The average molecular weight is 342 g/mol. The first-order valence-corrected chi connectivity index (χ1v) is 9.02. The summed E-state index contributed by atoms with van der Waals surface area (Å²) in [6.07, 6.45) is 3.49. The number of carbonyl (C=O) groups excluding carboxylic acids is 2. The quantitative estimate of drug-likeness (QED) is 0.788. The Labute approximate surface area is 145 Å². The SMILES string of the molecule is C=O.C=O.CSCCCN1CCOCC1.Cc1ccc(C)cc1. The Bertz CT molecular complexity index is 331. The van der Waals surface area contributed by atoms with Crippen molar-refractivity contribution in [2.24, 2.45) is 0 Å². The van der Waals surface area contributed by atoms with Gasteiger partial charge in [0.15, 0.2) is 0 Å². The molecule has 1 aromatic carbocycles. The highest BCUT2D eigenvalue weighted by Crippen LogP contribution is 2.01. The molecular weight excluding hydrogens is 310 g/mol. The van der Waals surface area contributed by atoms with E-state index in [-0.39, 0.29) is 0 Å². The van der Waals surface area contributed by atoms with Crippen LogP contribution in [0.1, 0.15) is 17.5 Å². The Kier molecular flexibility index (Phi) is 19.8. The maximum Gasteiger partial charge on any atom is 0.106 e. The molecule has 0 radical (unpaired) electrons. The Morgan fingerprint density at radius 3 is 1.83 bits per heavy atom. The van der Waals surface area contributed by atoms with E-state index in [1.54, 1.807) is 0 Å². The minimum absolute atomic E-state index is 0.930. The zero-order valence-corrected chi connectivity index (χ0v) is 15.6. The number of ether oxygens (including phenoxy) is 1. The van der Waals surface area contributed by atoms with Crippen LogP contribution in [0.5, 0.6) is 0 Å². The topological polar surface area (TPSA) is 46.6 Å². The molecule has 4 nitrogen and oxygen atoms in total. The summed E-state index contributed by atoms with van der Waals surface area (Å²) in [5.41, 5.74) is 2.66. The Balaban J connectivity index is 0. The first-order chi connectivity index (χ1) is 11.2. The van der Waals surface area contributed by atoms with E-state index in [0.29, 0.717) is 0 Å². The highest BCUT2D eigenvalue weighted by atomic mass is 32.2. The molecule has 132 valence electrons. The van der Waals surface area contributed by atoms with Crippen LogP contribution >= 0.6 is 11.8 Å². The van der Waals surface area contributed by atoms with Crippen molar-refractivity contribution in [1.82, 2.24) is 4.90 Å². The van der Waals surface area contributed by atoms with E-state index in [2.05, 4.69) is 49.3 Å². The predicted molar refractivity (Wildman–Crippen MR) is 100 cm³/mol. The van der Waals surface area contributed by atoms with Crippen molar-refractivity contribution >= 4 is 25.3 Å². The van der Waals surface area contributed by atoms with Crippen LogP contribution in [0.25, 0.3) is 0 Å². The second-order valence-corrected chi connectivity index (χ2v) is 5.94. The van der Waals surface area contributed by atoms with E-state index in [0.717, 1.165) is 26.3 Å². The number of rotatable bonds is 4. The number of nitrogens with zero attached hydrogens (tertiary/aromatic N) is 1. The maximum atomic E-state index is 8.00. The standard InChI is InChI=1S/C8H17NOS.C8H10.2CH2O/c1-11-8-2-3-9-4-6-10-7-5-9;1-7-3-5-8(2)6-4-7;2*1-2/h2-8H2,1H3;3-6H,1-2H3;2*1H2. The van der Waals surface area contributed by atoms with Crippen LogP contribution in [0.15, 0.2) is 24.3 Å². The summed E-state index contributed by atoms with van der Waals surface area (Å²) in [5, 5.41) is 0. The second kappa shape index (κ2) is 18.9. The fourth-order valence-corrected chi connectivity index (χ4v) is 2.31. The number of hydrogen-bond acceptors (Lipinski definition) is 5. The van der Waals surface area contributed by atoms with Crippen molar-refractivity contribution in [2.45, 2.75) is 20.3 Å². The molecule has 0 aromatic heterocycles. The summed E-state index contributed by atoms with van der Waals surface area (Å²) in [7, 11) is 0. The highest BCUT2D eigenvalue weighted by Gasteiger charge is 2.08. The van der Waals surface area contributed by atoms with Gasteiger partial charge in [0.1, 0.15) is 13.6 Å². The second-order valence-electron chi connectivity index (χ2n) is 4.96. The summed E-state index contributed by atoms with van der Waals surface area (Å²) in [5.74, 6) is 1.29. The normalized spacial score (nSPS) is 13.3. The Morgan fingerprint density at radius 2 is 1.43 bits per heavy atom. The molecule has 0 atom stereocenters. The molecule has 0 aliphatic carbocycles. The molecule has 0 unspecified atom stereocenters. The van der Waals surface area contributed by atoms with Crippen molar-refractivity contribution in [3.05, 3.63) is 35.4 Å². The van der Waals surface area contributed by atoms with Crippen molar-refractivity contribution in [3.8, 4) is 0 Å². The molecule has 0 bridgehead atoms. The lowest BCUT2D eigenvalue weighted by atomic mass is 10.2. The van der Waals surface area contributed by atoms with Gasteiger partial charge < -0.3 is 14.3 Å². The van der Waals surface area contributed by atoms with Crippen LogP contribution < -0.4 is 0 Å². The molecule has 1 aliphatic rings. The third-order valence-electron chi connectivity index (χ3n) is 3.14. The number of aryl methyl sites for hydroxylation is 2. The van der Waals surface area contributed by atoms with Gasteiger partial charge in [-0.2, -0.15) is 11.8 Å². The monoisotopic (exact) mass is 341 g/mol. The lowest BCUT2D eigenvalue weighted by molar-refractivity contribution is -0.0987. The summed E-state index contributed by atoms with van der Waals surface area (Å²) >= 11 is 1.93. The van der Waals surface area contributed by atoms with E-state index < -0.39 is 0 Å². The first-order valence-electron chi connectivity index (χ1n) is 7.62. The van der Waals surface area contributed by atoms with Gasteiger partial charge in [-0.25, -0.2) is 0 Å². The zero-order chi connectivity index (χ0) is 17.9. The minimum Gasteiger partial charge on any atom is -0.379 e. The molecule has 2 rings (SSSR count). The van der Waals surface area contributed by atoms with Crippen molar-refractivity contribution in [1.29, 1.82) is 0 Å². The fraction of sp³-hybridized carbons (Fsp3) is 0.556. The molecule has 0 saturated carbocycles. The molecule has 1 aliphatic heterocycles. The molecule has 1 aromatic rings. The van der Waals surface area contributed by atoms with Crippen molar-refractivity contribution in [3.63, 3.8) is 0 Å². The van der Waals surface area contributed by atoms with Gasteiger partial charge in [0.05, 0.1) is 13.2 Å². The largest absolute Gasteiger partial charge is 0.379 e. The van der Waals surface area contributed by atoms with E-state index in [1.807, 2.05) is 25.3 Å². The maximum absolute atomic E-state index is 8.00. The van der Waals surface area contributed by atoms with Crippen molar-refractivity contribution < 1.29 is 14.3 Å². The molecule has 0 spiro atoms. The summed E-state index contributed by atoms with van der Waals surface area (Å²) in [4.78, 5) is 18.5. The van der Waals surface area contributed by atoms with E-state index in [1.165, 1.54) is 29.8 Å². The molecule has 0 N–H and O–H groups in total. The molecule has 1 fully saturated rings. The van der Waals surface area contributed by atoms with E-state index in [9.17, 15) is 0 Å². The van der Waals surface area contributed by atoms with Crippen LogP contribution in [0.2, 0.25) is 0 Å². The Hall–Kier alpha value is -1.17. The number of carbonyl (C=O) groups is 2. The van der Waals surface area contributed by atoms with E-state index >= 15 is 0 Å². The van der Waals surface area contributed by atoms with Crippen LogP contribution in [0.3, 0.4) is 0 Å². The molecular formula is C18H31NO3S. The number of benzene rings is 1. The number of thioether (sulfide) groups is 1. The predicted octanol–water partition coefficient (Wildman–Crippen LogP) is 3.01. The highest BCUT2D eigenvalue weighted by molar-refractivity contribution is 7.98. The smallest absolute Gasteiger partial charge is 0.106 e. The number of morpholine rings is 1. The summed E-state index contributed by atoms with van der Waals surface area (Å²) in [6, 6.07) is 8.48. The third kappa shape index (κ3) is 15.5. The number of hydrogen-bond donors (Lipinski definition) is 0. The average Bonchev–Trinajstić information content (AvgIpc) is 2.63. The van der Waals surface area contributed by atoms with E-state index in [4.69, 9.17) is 14.3 Å². The lowest BCUT2D eigenvalue weighted by Gasteiger charge is -2.26. The molecule has 23 heavy (non-hydrogen) atoms. The van der Waals surface area contributed by atoms with Crippen LogP contribution in [0, 0.1) is 13.8 Å². The molecule has 1 saturated heterocycles. The Morgan fingerprint density at radius 1 is 1.00 bits per heavy atom. The molecule has 0 amide bonds. The molecule has 5 heteroatoms. The summed E-state index contributed by atoms with van der Waals surface area (Å²) < 4.78 is 5.26. The lowest BCUT2D eigenvalue weighted by Crippen LogP contribution is -2.36. The van der Waals surface area contributed by atoms with Gasteiger partial charge in [-0.3, -0.25) is 4.90 Å². The van der Waals surface area contributed by atoms with Crippen LogP contribution in [-0.4, -0.2) is 63.3 Å². The van der Waals surface area contributed by atoms with Crippen LogP contribution in [0.4, 0.5) is 0 Å². The fourth-order valence-electron chi connectivity index (χ4n) is 1.89. The van der Waals surface area contributed by atoms with Gasteiger partial charge in [-0.05, 0) is 38.8 Å². The van der Waals surface area contributed by atoms with Gasteiger partial charge >= 0.3 is 0 Å². The van der Waals surface area contributed by atoms with Crippen LogP contribution in [-0.2, 0) is 14.3 Å². The first kappa shape index (κ1) is 24.1.